The van der Waals surface area contributed by atoms with Gasteiger partial charge < -0.3 is 9.47 Å². The summed E-state index contributed by atoms with van der Waals surface area (Å²) in [6.45, 7) is 1.79. The fourth-order valence-corrected chi connectivity index (χ4v) is 11.2. The normalized spacial score (nSPS) is 29.7. The van der Waals surface area contributed by atoms with Gasteiger partial charge in [-0.05, 0) is 38.5 Å². The molecule has 2 unspecified atom stereocenters. The second-order valence-electron chi connectivity index (χ2n) is 7.99. The van der Waals surface area contributed by atoms with Gasteiger partial charge in [0.1, 0.15) is 8.80 Å². The molecule has 2 heterocycles. The Morgan fingerprint density at radius 2 is 1.23 bits per heavy atom. The molecule has 2 fully saturated rings. The highest BCUT2D eigenvalue weighted by molar-refractivity contribution is 6.88. The number of rotatable bonds is 4. The van der Waals surface area contributed by atoms with Crippen molar-refractivity contribution in [1.29, 1.82) is 0 Å². The Hall–Kier alpha value is -1.21. The monoisotopic (exact) mass is 382 g/mol. The minimum absolute atomic E-state index is 0.0474. The van der Waals surface area contributed by atoms with E-state index in [1.54, 1.807) is 0 Å². The summed E-state index contributed by atoms with van der Waals surface area (Å²) in [5.41, 5.74) is 0. The minimum atomic E-state index is -1.62. The van der Waals surface area contributed by atoms with Crippen LogP contribution in [0.1, 0.15) is 38.5 Å². The van der Waals surface area contributed by atoms with Crippen molar-refractivity contribution in [2.45, 2.75) is 49.0 Å². The second kappa shape index (κ2) is 7.81. The quantitative estimate of drug-likeness (QED) is 0.751. The molecule has 0 N–H and O–H groups in total. The Bertz CT molecular complexity index is 653. The summed E-state index contributed by atoms with van der Waals surface area (Å²) in [4.78, 5) is 0. The average Bonchev–Trinajstić information content (AvgIpc) is 2.71. The molecule has 2 nitrogen and oxygen atoms in total. The molecule has 2 atom stereocenters. The number of benzene rings is 2. The van der Waals surface area contributed by atoms with Crippen molar-refractivity contribution in [3.8, 4) is 0 Å². The lowest BCUT2D eigenvalue weighted by atomic mass is 9.96. The molecule has 2 saturated heterocycles. The van der Waals surface area contributed by atoms with Crippen LogP contribution in [0, 0.1) is 0 Å². The Kier molecular flexibility index (Phi) is 5.46. The fraction of sp³-hybridized carbons (Fsp3) is 0.455. The lowest BCUT2D eigenvalue weighted by Gasteiger charge is -2.55. The molecule has 4 rings (SSSR count). The van der Waals surface area contributed by atoms with Crippen LogP contribution in [0.25, 0.3) is 0 Å². The van der Waals surface area contributed by atoms with E-state index in [-0.39, 0.29) is 10.4 Å². The molecule has 2 aromatic rings. The third-order valence-electron chi connectivity index (χ3n) is 6.40. The van der Waals surface area contributed by atoms with Gasteiger partial charge in [-0.2, -0.15) is 0 Å². The fourth-order valence-electron chi connectivity index (χ4n) is 5.06. The molecule has 2 aliphatic rings. The van der Waals surface area contributed by atoms with Crippen molar-refractivity contribution in [2.24, 2.45) is 0 Å². The standard InChI is InChI=1S/C22H30O2Si2/c25-21(15-7-9-17-23-21)22(16-8-10-18-24-22)26(19-11-3-1-4-12-19)20-13-5-2-6-14-20/h1-6,11-14,26H,7-10,15-18H2,25H3. The van der Waals surface area contributed by atoms with Crippen molar-refractivity contribution >= 4 is 29.4 Å². The van der Waals surface area contributed by atoms with Crippen LogP contribution in [-0.4, -0.2) is 42.7 Å². The first kappa shape index (κ1) is 18.2. The topological polar surface area (TPSA) is 18.5 Å². The highest BCUT2D eigenvalue weighted by atomic mass is 28.3. The molecule has 2 aromatic carbocycles. The summed E-state index contributed by atoms with van der Waals surface area (Å²) in [5.74, 6) is 0. The van der Waals surface area contributed by atoms with Gasteiger partial charge in [-0.3, -0.25) is 0 Å². The molecular formula is C22H30O2Si2. The first-order chi connectivity index (χ1) is 12.8. The van der Waals surface area contributed by atoms with Crippen molar-refractivity contribution in [2.75, 3.05) is 13.2 Å². The molecule has 0 spiro atoms. The highest BCUT2D eigenvalue weighted by Gasteiger charge is 2.57. The van der Waals surface area contributed by atoms with Crippen LogP contribution in [0.2, 0.25) is 0 Å². The predicted molar refractivity (Wildman–Crippen MR) is 114 cm³/mol. The Labute approximate surface area is 162 Å². The summed E-state index contributed by atoms with van der Waals surface area (Å²) in [5, 5.41) is 2.82. The number of hydrogen-bond acceptors (Lipinski definition) is 2. The maximum absolute atomic E-state index is 6.85. The van der Waals surface area contributed by atoms with Crippen LogP contribution in [0.15, 0.2) is 60.7 Å². The van der Waals surface area contributed by atoms with Gasteiger partial charge in [-0.15, -0.1) is 0 Å². The first-order valence-electron chi connectivity index (χ1n) is 10.1. The minimum Gasteiger partial charge on any atom is -0.377 e. The first-order valence-corrected chi connectivity index (χ1v) is 12.9. The molecule has 0 radical (unpaired) electrons. The van der Waals surface area contributed by atoms with E-state index in [1.165, 1.54) is 42.5 Å². The molecule has 0 amide bonds. The van der Waals surface area contributed by atoms with Crippen LogP contribution in [0.3, 0.4) is 0 Å². The van der Waals surface area contributed by atoms with Crippen molar-refractivity contribution in [3.05, 3.63) is 60.7 Å². The third-order valence-corrected chi connectivity index (χ3v) is 12.7. The maximum Gasteiger partial charge on any atom is 0.141 e. The molecule has 0 aromatic heterocycles. The van der Waals surface area contributed by atoms with Crippen molar-refractivity contribution in [1.82, 2.24) is 0 Å². The molecule has 4 heteroatoms. The van der Waals surface area contributed by atoms with E-state index < -0.39 is 8.80 Å². The summed E-state index contributed by atoms with van der Waals surface area (Å²) >= 11 is 0. The number of hydrogen-bond donors (Lipinski definition) is 0. The van der Waals surface area contributed by atoms with Gasteiger partial charge >= 0.3 is 0 Å². The Balaban J connectivity index is 1.87. The lowest BCUT2D eigenvalue weighted by Crippen LogP contribution is -2.74. The molecule has 138 valence electrons. The van der Waals surface area contributed by atoms with E-state index in [0.717, 1.165) is 29.9 Å². The largest absolute Gasteiger partial charge is 0.377 e. The zero-order chi connectivity index (χ0) is 17.9. The average molecular weight is 383 g/mol. The summed E-state index contributed by atoms with van der Waals surface area (Å²) < 4.78 is 13.5. The SMILES string of the molecule is [SiH3]C1(C2([SiH](c3ccccc3)c3ccccc3)CCCCO2)CCCCO1. The van der Waals surface area contributed by atoms with E-state index in [1.807, 2.05) is 0 Å². The smallest absolute Gasteiger partial charge is 0.141 e. The summed E-state index contributed by atoms with van der Waals surface area (Å²) in [7, 11) is -0.588. The predicted octanol–water partition coefficient (Wildman–Crippen LogP) is 1.77. The van der Waals surface area contributed by atoms with Crippen LogP contribution in [0.5, 0.6) is 0 Å². The van der Waals surface area contributed by atoms with Gasteiger partial charge in [0, 0.05) is 23.5 Å². The van der Waals surface area contributed by atoms with Crippen LogP contribution in [0.4, 0.5) is 0 Å². The van der Waals surface area contributed by atoms with Crippen LogP contribution in [-0.2, 0) is 9.47 Å². The Morgan fingerprint density at radius 1 is 0.692 bits per heavy atom. The summed E-state index contributed by atoms with van der Waals surface area (Å²) in [6, 6.07) is 22.3. The maximum atomic E-state index is 6.85. The van der Waals surface area contributed by atoms with Crippen molar-refractivity contribution < 1.29 is 9.47 Å². The third kappa shape index (κ3) is 3.24. The summed E-state index contributed by atoms with van der Waals surface area (Å²) in [6.07, 6.45) is 7.24. The van der Waals surface area contributed by atoms with E-state index in [2.05, 4.69) is 60.7 Å². The highest BCUT2D eigenvalue weighted by Crippen LogP contribution is 2.42. The van der Waals surface area contributed by atoms with Gasteiger partial charge in [-0.1, -0.05) is 71.0 Å². The van der Waals surface area contributed by atoms with Crippen LogP contribution < -0.4 is 10.4 Å². The molecule has 26 heavy (non-hydrogen) atoms. The second-order valence-corrected chi connectivity index (χ2v) is 12.7. The van der Waals surface area contributed by atoms with E-state index in [0.29, 0.717) is 0 Å². The molecular weight excluding hydrogens is 352 g/mol. The zero-order valence-corrected chi connectivity index (χ0v) is 19.0. The van der Waals surface area contributed by atoms with E-state index in [4.69, 9.17) is 9.47 Å². The van der Waals surface area contributed by atoms with Gasteiger partial charge in [0.05, 0.1) is 10.4 Å². The van der Waals surface area contributed by atoms with Gasteiger partial charge in [0.15, 0.2) is 0 Å². The lowest BCUT2D eigenvalue weighted by molar-refractivity contribution is -0.159. The molecule has 0 saturated carbocycles. The molecule has 0 bridgehead atoms. The van der Waals surface area contributed by atoms with E-state index >= 15 is 0 Å². The van der Waals surface area contributed by atoms with Crippen LogP contribution >= 0.6 is 0 Å². The van der Waals surface area contributed by atoms with E-state index in [9.17, 15) is 0 Å². The van der Waals surface area contributed by atoms with Gasteiger partial charge in [0.25, 0.3) is 0 Å². The molecule has 0 aliphatic carbocycles. The molecule has 2 aliphatic heterocycles. The van der Waals surface area contributed by atoms with Gasteiger partial charge in [0.2, 0.25) is 0 Å². The Morgan fingerprint density at radius 3 is 1.69 bits per heavy atom. The van der Waals surface area contributed by atoms with Crippen molar-refractivity contribution in [3.63, 3.8) is 0 Å². The zero-order valence-electron chi connectivity index (χ0n) is 15.8. The van der Waals surface area contributed by atoms with Gasteiger partial charge in [-0.25, -0.2) is 0 Å². The number of ether oxygens (including phenoxy) is 2.